The van der Waals surface area contributed by atoms with E-state index in [-0.39, 0.29) is 0 Å². The molecule has 0 saturated carbocycles. The van der Waals surface area contributed by atoms with Crippen LogP contribution in [-0.2, 0) is 13.0 Å². The zero-order valence-corrected chi connectivity index (χ0v) is 13.6. The van der Waals surface area contributed by atoms with E-state index in [0.717, 1.165) is 41.8 Å². The molecule has 2 aliphatic heterocycles. The molecule has 5 heteroatoms. The predicted octanol–water partition coefficient (Wildman–Crippen LogP) is 3.21. The molecular formula is C18H18N2O2S. The normalized spacial score (nSPS) is 15.7. The lowest BCUT2D eigenvalue weighted by Crippen LogP contribution is -2.38. The molecule has 0 saturated heterocycles. The number of nitrogens with one attached hydrogen (secondary N) is 1. The molecule has 2 heterocycles. The summed E-state index contributed by atoms with van der Waals surface area (Å²) >= 11 is 5.58. The standard InChI is InChI=1S/C18H18N2O2S/c23-18(20-8-7-13-3-1-2-4-14(13)12-20)19-15-5-6-16-17(11-15)22-10-9-21-16/h1-6,11H,7-10,12H2,(H,19,23). The molecule has 4 rings (SSSR count). The van der Waals surface area contributed by atoms with E-state index in [9.17, 15) is 0 Å². The topological polar surface area (TPSA) is 33.7 Å². The van der Waals surface area contributed by atoms with E-state index < -0.39 is 0 Å². The highest BCUT2D eigenvalue weighted by Crippen LogP contribution is 2.32. The van der Waals surface area contributed by atoms with Crippen LogP contribution in [0.4, 0.5) is 5.69 Å². The highest BCUT2D eigenvalue weighted by molar-refractivity contribution is 7.80. The molecule has 1 N–H and O–H groups in total. The van der Waals surface area contributed by atoms with Crippen LogP contribution in [0.2, 0.25) is 0 Å². The first kappa shape index (κ1) is 14.3. The highest BCUT2D eigenvalue weighted by atomic mass is 32.1. The zero-order valence-electron chi connectivity index (χ0n) is 12.7. The first-order valence-electron chi connectivity index (χ1n) is 7.82. The van der Waals surface area contributed by atoms with Crippen LogP contribution in [0.25, 0.3) is 0 Å². The maximum Gasteiger partial charge on any atom is 0.173 e. The van der Waals surface area contributed by atoms with E-state index in [0.29, 0.717) is 13.2 Å². The second-order valence-electron chi connectivity index (χ2n) is 5.73. The van der Waals surface area contributed by atoms with Gasteiger partial charge in [0.15, 0.2) is 16.6 Å². The number of benzene rings is 2. The van der Waals surface area contributed by atoms with Gasteiger partial charge in [0, 0.05) is 24.8 Å². The van der Waals surface area contributed by atoms with Crippen LogP contribution in [-0.4, -0.2) is 29.8 Å². The Hall–Kier alpha value is -2.27. The third kappa shape index (κ3) is 2.97. The summed E-state index contributed by atoms with van der Waals surface area (Å²) < 4.78 is 11.2. The minimum Gasteiger partial charge on any atom is -0.486 e. The third-order valence-corrected chi connectivity index (χ3v) is 4.57. The van der Waals surface area contributed by atoms with Gasteiger partial charge in [-0.25, -0.2) is 0 Å². The van der Waals surface area contributed by atoms with Crippen LogP contribution in [0.1, 0.15) is 11.1 Å². The average Bonchev–Trinajstić information content (AvgIpc) is 2.61. The number of hydrogen-bond acceptors (Lipinski definition) is 3. The van der Waals surface area contributed by atoms with Gasteiger partial charge in [0.05, 0.1) is 0 Å². The summed E-state index contributed by atoms with van der Waals surface area (Å²) in [6.07, 6.45) is 1.03. The van der Waals surface area contributed by atoms with Gasteiger partial charge in [0.1, 0.15) is 13.2 Å². The third-order valence-electron chi connectivity index (χ3n) is 4.21. The van der Waals surface area contributed by atoms with Crippen LogP contribution in [0.5, 0.6) is 11.5 Å². The second-order valence-corrected chi connectivity index (χ2v) is 6.12. The van der Waals surface area contributed by atoms with Crippen LogP contribution in [0, 0.1) is 0 Å². The molecule has 0 atom stereocenters. The molecule has 0 bridgehead atoms. The molecule has 0 radical (unpaired) electrons. The Balaban J connectivity index is 1.46. The van der Waals surface area contributed by atoms with Crippen LogP contribution < -0.4 is 14.8 Å². The van der Waals surface area contributed by atoms with Gasteiger partial charge in [-0.15, -0.1) is 0 Å². The van der Waals surface area contributed by atoms with Crippen LogP contribution >= 0.6 is 12.2 Å². The van der Waals surface area contributed by atoms with E-state index >= 15 is 0 Å². The van der Waals surface area contributed by atoms with Gasteiger partial charge < -0.3 is 19.7 Å². The summed E-state index contributed by atoms with van der Waals surface area (Å²) in [5.41, 5.74) is 3.70. The lowest BCUT2D eigenvalue weighted by Gasteiger charge is -2.31. The molecule has 2 aliphatic rings. The molecular weight excluding hydrogens is 308 g/mol. The number of ether oxygens (including phenoxy) is 2. The fourth-order valence-corrected chi connectivity index (χ4v) is 3.27. The fraction of sp³-hybridized carbons (Fsp3) is 0.278. The molecule has 2 aromatic rings. The van der Waals surface area contributed by atoms with Crippen LogP contribution in [0.3, 0.4) is 0 Å². The summed E-state index contributed by atoms with van der Waals surface area (Å²) in [6.45, 7) is 2.98. The number of fused-ring (bicyclic) bond motifs is 2. The Labute approximate surface area is 141 Å². The van der Waals surface area contributed by atoms with Crippen molar-refractivity contribution in [3.05, 3.63) is 53.6 Å². The predicted molar refractivity (Wildman–Crippen MR) is 94.2 cm³/mol. The molecule has 0 spiro atoms. The summed E-state index contributed by atoms with van der Waals surface area (Å²) in [6, 6.07) is 14.4. The van der Waals surface area contributed by atoms with Crippen molar-refractivity contribution in [2.45, 2.75) is 13.0 Å². The molecule has 0 amide bonds. The quantitative estimate of drug-likeness (QED) is 0.814. The maximum absolute atomic E-state index is 5.62. The minimum absolute atomic E-state index is 0.587. The summed E-state index contributed by atoms with van der Waals surface area (Å²) in [4.78, 5) is 2.20. The van der Waals surface area contributed by atoms with Crippen molar-refractivity contribution in [3.8, 4) is 11.5 Å². The first-order chi connectivity index (χ1) is 11.3. The van der Waals surface area contributed by atoms with Gasteiger partial charge in [0.25, 0.3) is 0 Å². The monoisotopic (exact) mass is 326 g/mol. The Morgan fingerprint density at radius 3 is 2.65 bits per heavy atom. The van der Waals surface area contributed by atoms with E-state index in [1.165, 1.54) is 11.1 Å². The van der Waals surface area contributed by atoms with Crippen molar-refractivity contribution < 1.29 is 9.47 Å². The van der Waals surface area contributed by atoms with Crippen molar-refractivity contribution in [2.75, 3.05) is 25.1 Å². The smallest absolute Gasteiger partial charge is 0.173 e. The second kappa shape index (κ2) is 6.08. The van der Waals surface area contributed by atoms with Gasteiger partial charge in [-0.05, 0) is 41.9 Å². The molecule has 0 fully saturated rings. The number of nitrogens with zero attached hydrogens (tertiary/aromatic N) is 1. The molecule has 23 heavy (non-hydrogen) atoms. The van der Waals surface area contributed by atoms with E-state index in [1.807, 2.05) is 18.2 Å². The zero-order chi connectivity index (χ0) is 15.6. The van der Waals surface area contributed by atoms with Gasteiger partial charge in [-0.2, -0.15) is 0 Å². The SMILES string of the molecule is S=C(Nc1ccc2c(c1)OCCO2)N1CCc2ccccc2C1. The number of rotatable bonds is 1. The molecule has 0 aliphatic carbocycles. The summed E-state index contributed by atoms with van der Waals surface area (Å²) in [5.74, 6) is 1.56. The Kier molecular flexibility index (Phi) is 3.79. The van der Waals surface area contributed by atoms with Crippen molar-refractivity contribution in [1.82, 2.24) is 4.90 Å². The Bertz CT molecular complexity index is 748. The van der Waals surface area contributed by atoms with E-state index in [2.05, 4.69) is 34.5 Å². The van der Waals surface area contributed by atoms with Gasteiger partial charge in [-0.1, -0.05) is 24.3 Å². The average molecular weight is 326 g/mol. The molecule has 0 aromatic heterocycles. The van der Waals surface area contributed by atoms with Gasteiger partial charge in [-0.3, -0.25) is 0 Å². The number of anilines is 1. The van der Waals surface area contributed by atoms with E-state index in [1.54, 1.807) is 0 Å². The molecule has 2 aromatic carbocycles. The van der Waals surface area contributed by atoms with Crippen molar-refractivity contribution in [3.63, 3.8) is 0 Å². The first-order valence-corrected chi connectivity index (χ1v) is 8.23. The lowest BCUT2D eigenvalue weighted by molar-refractivity contribution is 0.171. The maximum atomic E-state index is 5.62. The fourth-order valence-electron chi connectivity index (χ4n) is 2.99. The van der Waals surface area contributed by atoms with Crippen molar-refractivity contribution >= 4 is 23.0 Å². The van der Waals surface area contributed by atoms with Crippen LogP contribution in [0.15, 0.2) is 42.5 Å². The van der Waals surface area contributed by atoms with E-state index in [4.69, 9.17) is 21.7 Å². The Morgan fingerprint density at radius 2 is 1.78 bits per heavy atom. The number of thiocarbonyl (C=S) groups is 1. The molecule has 0 unspecified atom stereocenters. The van der Waals surface area contributed by atoms with Gasteiger partial charge >= 0.3 is 0 Å². The van der Waals surface area contributed by atoms with Crippen molar-refractivity contribution in [2.24, 2.45) is 0 Å². The highest BCUT2D eigenvalue weighted by Gasteiger charge is 2.18. The molecule has 118 valence electrons. The molecule has 4 nitrogen and oxygen atoms in total. The van der Waals surface area contributed by atoms with Gasteiger partial charge in [0.2, 0.25) is 0 Å². The largest absolute Gasteiger partial charge is 0.486 e. The summed E-state index contributed by atoms with van der Waals surface area (Å²) in [5, 5.41) is 4.06. The minimum atomic E-state index is 0.587. The number of hydrogen-bond donors (Lipinski definition) is 1. The van der Waals surface area contributed by atoms with Crippen molar-refractivity contribution in [1.29, 1.82) is 0 Å². The Morgan fingerprint density at radius 1 is 1.00 bits per heavy atom. The summed E-state index contributed by atoms with van der Waals surface area (Å²) in [7, 11) is 0. The lowest BCUT2D eigenvalue weighted by atomic mass is 10.0.